The lowest BCUT2D eigenvalue weighted by Crippen LogP contribution is -2.08. The van der Waals surface area contributed by atoms with E-state index < -0.39 is 0 Å². The number of fused-ring (bicyclic) bond motifs is 3. The second-order valence-corrected chi connectivity index (χ2v) is 6.24. The average molecular weight is 345 g/mol. The number of hydrazone groups is 1. The third-order valence-electron chi connectivity index (χ3n) is 4.29. The third-order valence-corrected chi connectivity index (χ3v) is 4.29. The van der Waals surface area contributed by atoms with Crippen LogP contribution in [0, 0.1) is 0 Å². The van der Waals surface area contributed by atoms with Gasteiger partial charge in [-0.05, 0) is 23.8 Å². The summed E-state index contributed by atoms with van der Waals surface area (Å²) in [6, 6.07) is 16.2. The molecule has 0 aliphatic carbocycles. The molecule has 4 aromatic rings. The minimum Gasteiger partial charge on any atom is -0.378 e. The molecule has 26 heavy (non-hydrogen) atoms. The normalized spacial score (nSPS) is 11.5. The van der Waals surface area contributed by atoms with Crippen LogP contribution in [-0.2, 0) is 7.05 Å². The summed E-state index contributed by atoms with van der Waals surface area (Å²) in [7, 11) is 6.00. The van der Waals surface area contributed by atoms with E-state index in [0.717, 1.165) is 33.3 Å². The summed E-state index contributed by atoms with van der Waals surface area (Å²) >= 11 is 0. The van der Waals surface area contributed by atoms with Gasteiger partial charge in [-0.2, -0.15) is 10.1 Å². The zero-order valence-electron chi connectivity index (χ0n) is 14.9. The van der Waals surface area contributed by atoms with Gasteiger partial charge in [0.05, 0.1) is 11.7 Å². The molecule has 0 spiro atoms. The number of aromatic nitrogens is 4. The second-order valence-electron chi connectivity index (χ2n) is 6.24. The van der Waals surface area contributed by atoms with Crippen molar-refractivity contribution in [2.75, 3.05) is 24.4 Å². The van der Waals surface area contributed by atoms with Crippen molar-refractivity contribution in [2.45, 2.75) is 0 Å². The Balaban J connectivity index is 1.57. The number of rotatable bonds is 4. The monoisotopic (exact) mass is 345 g/mol. The summed E-state index contributed by atoms with van der Waals surface area (Å²) in [6.45, 7) is 0. The molecule has 2 aromatic heterocycles. The molecule has 0 radical (unpaired) electrons. The van der Waals surface area contributed by atoms with Crippen molar-refractivity contribution in [2.24, 2.45) is 12.1 Å². The minimum atomic E-state index is 0.365. The van der Waals surface area contributed by atoms with Crippen molar-refractivity contribution < 1.29 is 0 Å². The summed E-state index contributed by atoms with van der Waals surface area (Å²) in [5, 5.41) is 13.7. The van der Waals surface area contributed by atoms with Crippen molar-refractivity contribution in [3.63, 3.8) is 0 Å². The van der Waals surface area contributed by atoms with E-state index in [9.17, 15) is 0 Å². The SMILES string of the molecule is CN(C)c1ccc(/C=N/Nc2nnc3c4ccccc4n(C)c3n2)cc1. The van der Waals surface area contributed by atoms with E-state index in [2.05, 4.69) is 30.6 Å². The van der Waals surface area contributed by atoms with Crippen LogP contribution in [0.15, 0.2) is 53.6 Å². The van der Waals surface area contributed by atoms with Gasteiger partial charge in [0.25, 0.3) is 5.95 Å². The molecule has 0 fully saturated rings. The predicted octanol–water partition coefficient (Wildman–Crippen LogP) is 3.03. The van der Waals surface area contributed by atoms with Gasteiger partial charge in [0.2, 0.25) is 0 Å². The minimum absolute atomic E-state index is 0.365. The summed E-state index contributed by atoms with van der Waals surface area (Å²) in [5.74, 6) is 0.365. The Morgan fingerprint density at radius 3 is 2.58 bits per heavy atom. The molecule has 130 valence electrons. The molecule has 0 unspecified atom stereocenters. The lowest BCUT2D eigenvalue weighted by molar-refractivity contribution is 0.949. The maximum atomic E-state index is 4.54. The Bertz CT molecular complexity index is 1090. The Labute approximate surface area is 151 Å². The van der Waals surface area contributed by atoms with Gasteiger partial charge in [-0.1, -0.05) is 30.3 Å². The van der Waals surface area contributed by atoms with Gasteiger partial charge < -0.3 is 9.47 Å². The van der Waals surface area contributed by atoms with E-state index in [1.165, 1.54) is 0 Å². The number of nitrogens with zero attached hydrogens (tertiary/aromatic N) is 6. The predicted molar refractivity (Wildman–Crippen MR) is 106 cm³/mol. The highest BCUT2D eigenvalue weighted by Crippen LogP contribution is 2.24. The molecule has 0 aliphatic rings. The average Bonchev–Trinajstić information content (AvgIpc) is 2.95. The first-order valence-corrected chi connectivity index (χ1v) is 8.28. The molecule has 2 heterocycles. The van der Waals surface area contributed by atoms with Crippen LogP contribution in [0.4, 0.5) is 11.6 Å². The molecule has 0 atom stereocenters. The fourth-order valence-corrected chi connectivity index (χ4v) is 2.88. The van der Waals surface area contributed by atoms with Crippen LogP contribution in [0.25, 0.3) is 22.1 Å². The Morgan fingerprint density at radius 1 is 1.04 bits per heavy atom. The first kappa shape index (κ1) is 16.0. The first-order valence-electron chi connectivity index (χ1n) is 8.28. The molecular formula is C19H19N7. The number of aryl methyl sites for hydroxylation is 1. The smallest absolute Gasteiger partial charge is 0.265 e. The molecule has 4 rings (SSSR count). The van der Waals surface area contributed by atoms with Crippen LogP contribution in [0.5, 0.6) is 0 Å². The van der Waals surface area contributed by atoms with Gasteiger partial charge in [0.15, 0.2) is 5.65 Å². The van der Waals surface area contributed by atoms with E-state index in [-0.39, 0.29) is 0 Å². The topological polar surface area (TPSA) is 71.2 Å². The van der Waals surface area contributed by atoms with Gasteiger partial charge in [0.1, 0.15) is 5.52 Å². The number of hydrogen-bond donors (Lipinski definition) is 1. The fourth-order valence-electron chi connectivity index (χ4n) is 2.88. The Hall–Kier alpha value is -3.48. The van der Waals surface area contributed by atoms with Crippen LogP contribution in [-0.4, -0.2) is 40.1 Å². The summed E-state index contributed by atoms with van der Waals surface area (Å²) < 4.78 is 2.01. The van der Waals surface area contributed by atoms with E-state index in [1.54, 1.807) is 6.21 Å². The Kier molecular flexibility index (Phi) is 3.96. The van der Waals surface area contributed by atoms with E-state index in [1.807, 2.05) is 74.2 Å². The number of benzene rings is 2. The maximum Gasteiger partial charge on any atom is 0.265 e. The molecule has 0 saturated carbocycles. The summed E-state index contributed by atoms with van der Waals surface area (Å²) in [4.78, 5) is 6.59. The molecule has 2 aromatic carbocycles. The molecule has 1 N–H and O–H groups in total. The lowest BCUT2D eigenvalue weighted by atomic mass is 10.2. The van der Waals surface area contributed by atoms with Crippen LogP contribution >= 0.6 is 0 Å². The van der Waals surface area contributed by atoms with Gasteiger partial charge in [0, 0.05) is 32.2 Å². The molecule has 7 heteroatoms. The van der Waals surface area contributed by atoms with Crippen LogP contribution in [0.1, 0.15) is 5.56 Å². The van der Waals surface area contributed by atoms with Crippen molar-refractivity contribution in [3.05, 3.63) is 54.1 Å². The quantitative estimate of drug-likeness (QED) is 0.455. The van der Waals surface area contributed by atoms with Gasteiger partial charge in [-0.3, -0.25) is 0 Å². The summed E-state index contributed by atoms with van der Waals surface area (Å²) in [6.07, 6.45) is 1.73. The van der Waals surface area contributed by atoms with Crippen molar-refractivity contribution in [3.8, 4) is 0 Å². The Morgan fingerprint density at radius 2 is 1.81 bits per heavy atom. The molecule has 0 aliphatic heterocycles. The van der Waals surface area contributed by atoms with E-state index >= 15 is 0 Å². The summed E-state index contributed by atoms with van der Waals surface area (Å²) in [5.41, 5.74) is 7.62. The van der Waals surface area contributed by atoms with Crippen molar-refractivity contribution in [1.29, 1.82) is 0 Å². The van der Waals surface area contributed by atoms with Crippen LogP contribution < -0.4 is 10.3 Å². The van der Waals surface area contributed by atoms with Crippen molar-refractivity contribution in [1.82, 2.24) is 19.7 Å². The molecule has 0 bridgehead atoms. The third kappa shape index (κ3) is 2.83. The second kappa shape index (κ2) is 6.44. The number of hydrogen-bond acceptors (Lipinski definition) is 6. The van der Waals surface area contributed by atoms with Gasteiger partial charge >= 0.3 is 0 Å². The lowest BCUT2D eigenvalue weighted by Gasteiger charge is -2.11. The molecular weight excluding hydrogens is 326 g/mol. The highest BCUT2D eigenvalue weighted by molar-refractivity contribution is 6.04. The number of para-hydroxylation sites is 1. The molecule has 0 amide bonds. The maximum absolute atomic E-state index is 4.54. The molecule has 7 nitrogen and oxygen atoms in total. The zero-order valence-corrected chi connectivity index (χ0v) is 14.9. The van der Waals surface area contributed by atoms with E-state index in [4.69, 9.17) is 0 Å². The largest absolute Gasteiger partial charge is 0.378 e. The van der Waals surface area contributed by atoms with Crippen LogP contribution in [0.3, 0.4) is 0 Å². The van der Waals surface area contributed by atoms with E-state index in [0.29, 0.717) is 5.95 Å². The standard InChI is InChI=1S/C19H19N7/c1-25(2)14-10-8-13(9-11-14)12-20-23-19-21-18-17(22-24-19)15-6-4-5-7-16(15)26(18)3/h4-12H,1-3H3,(H,21,23,24)/b20-12+. The first-order chi connectivity index (χ1) is 12.6. The number of nitrogens with one attached hydrogen (secondary N) is 1. The highest BCUT2D eigenvalue weighted by atomic mass is 15.4. The van der Waals surface area contributed by atoms with Crippen LogP contribution in [0.2, 0.25) is 0 Å². The molecule has 0 saturated heterocycles. The van der Waals surface area contributed by atoms with Crippen molar-refractivity contribution >= 4 is 39.9 Å². The fraction of sp³-hybridized carbons (Fsp3) is 0.158. The number of anilines is 2. The van der Waals surface area contributed by atoms with Gasteiger partial charge in [-0.15, -0.1) is 10.2 Å². The zero-order chi connectivity index (χ0) is 18.1. The van der Waals surface area contributed by atoms with Gasteiger partial charge in [-0.25, -0.2) is 5.43 Å². The highest BCUT2D eigenvalue weighted by Gasteiger charge is 2.11.